The maximum Gasteiger partial charge on any atom is 0.233 e. The molecule has 0 spiro atoms. The number of thioether (sulfide) groups is 1. The van der Waals surface area contributed by atoms with Gasteiger partial charge in [-0.15, -0.1) is 10.2 Å². The Morgan fingerprint density at radius 1 is 1.58 bits per heavy atom. The summed E-state index contributed by atoms with van der Waals surface area (Å²) in [4.78, 5) is 13.5. The summed E-state index contributed by atoms with van der Waals surface area (Å²) in [5.41, 5.74) is 0.810. The highest BCUT2D eigenvalue weighted by molar-refractivity contribution is 7.99. The first kappa shape index (κ1) is 13.6. The minimum absolute atomic E-state index is 0.00190. The molecule has 0 saturated carbocycles. The van der Waals surface area contributed by atoms with E-state index in [2.05, 4.69) is 15.4 Å². The standard InChI is InChI=1S/C11H15N5O2S/c1-8-4-9(18-14-8)5-15(2)10(17)6-19-11-13-12-7-16(11)3/h4,7H,5-6H2,1-3H3. The fourth-order valence-electron chi connectivity index (χ4n) is 1.45. The van der Waals surface area contributed by atoms with Crippen LogP contribution in [0.3, 0.4) is 0 Å². The summed E-state index contributed by atoms with van der Waals surface area (Å²) in [6.07, 6.45) is 1.60. The molecule has 0 atom stereocenters. The normalized spacial score (nSPS) is 10.7. The van der Waals surface area contributed by atoms with E-state index in [0.29, 0.717) is 18.1 Å². The van der Waals surface area contributed by atoms with Gasteiger partial charge in [0.05, 0.1) is 18.0 Å². The molecule has 0 saturated heterocycles. The molecular weight excluding hydrogens is 266 g/mol. The summed E-state index contributed by atoms with van der Waals surface area (Å²) in [5.74, 6) is 0.995. The molecule has 0 aliphatic carbocycles. The first-order valence-corrected chi connectivity index (χ1v) is 6.68. The quantitative estimate of drug-likeness (QED) is 0.757. The van der Waals surface area contributed by atoms with Crippen molar-refractivity contribution in [3.05, 3.63) is 23.8 Å². The molecule has 2 aromatic heterocycles. The van der Waals surface area contributed by atoms with E-state index in [1.165, 1.54) is 11.8 Å². The van der Waals surface area contributed by atoms with Crippen LogP contribution in [0.15, 0.2) is 22.1 Å². The molecular formula is C11H15N5O2S. The molecule has 2 rings (SSSR count). The van der Waals surface area contributed by atoms with Crippen molar-refractivity contribution in [2.75, 3.05) is 12.8 Å². The molecule has 102 valence electrons. The van der Waals surface area contributed by atoms with Crippen LogP contribution in [0.1, 0.15) is 11.5 Å². The summed E-state index contributed by atoms with van der Waals surface area (Å²) in [6.45, 7) is 2.26. The summed E-state index contributed by atoms with van der Waals surface area (Å²) in [5, 5.41) is 12.2. The minimum atomic E-state index is 0.00190. The molecule has 0 unspecified atom stereocenters. The Labute approximate surface area is 115 Å². The molecule has 2 heterocycles. The molecule has 19 heavy (non-hydrogen) atoms. The van der Waals surface area contributed by atoms with Crippen molar-refractivity contribution in [1.29, 1.82) is 0 Å². The second-order valence-electron chi connectivity index (χ2n) is 4.20. The fourth-order valence-corrected chi connectivity index (χ4v) is 2.28. The smallest absolute Gasteiger partial charge is 0.233 e. The maximum absolute atomic E-state index is 11.9. The van der Waals surface area contributed by atoms with Crippen LogP contribution in [0.25, 0.3) is 0 Å². The molecule has 0 aromatic carbocycles. The van der Waals surface area contributed by atoms with Gasteiger partial charge in [0, 0.05) is 20.2 Å². The third-order valence-corrected chi connectivity index (χ3v) is 3.51. The van der Waals surface area contributed by atoms with Crippen molar-refractivity contribution in [2.24, 2.45) is 7.05 Å². The first-order chi connectivity index (χ1) is 9.06. The largest absolute Gasteiger partial charge is 0.359 e. The second-order valence-corrected chi connectivity index (χ2v) is 5.14. The number of carbonyl (C=O) groups is 1. The Bertz CT molecular complexity index is 565. The lowest BCUT2D eigenvalue weighted by atomic mass is 10.3. The Morgan fingerprint density at radius 3 is 2.95 bits per heavy atom. The van der Waals surface area contributed by atoms with Crippen molar-refractivity contribution < 1.29 is 9.32 Å². The molecule has 0 aliphatic heterocycles. The van der Waals surface area contributed by atoms with Gasteiger partial charge in [0.15, 0.2) is 10.9 Å². The number of amides is 1. The van der Waals surface area contributed by atoms with Crippen LogP contribution in [-0.4, -0.2) is 43.5 Å². The minimum Gasteiger partial charge on any atom is -0.359 e. The Balaban J connectivity index is 1.84. The molecule has 1 amide bonds. The molecule has 0 fully saturated rings. The van der Waals surface area contributed by atoms with Crippen molar-refractivity contribution in [3.63, 3.8) is 0 Å². The Kier molecular flexibility index (Phi) is 4.20. The van der Waals surface area contributed by atoms with Crippen molar-refractivity contribution >= 4 is 17.7 Å². The third kappa shape index (κ3) is 3.57. The SMILES string of the molecule is Cc1cc(CN(C)C(=O)CSc2nncn2C)on1. The zero-order chi connectivity index (χ0) is 13.8. The van der Waals surface area contributed by atoms with E-state index in [1.807, 2.05) is 20.0 Å². The molecule has 0 bridgehead atoms. The van der Waals surface area contributed by atoms with Gasteiger partial charge in [-0.3, -0.25) is 4.79 Å². The van der Waals surface area contributed by atoms with Crippen LogP contribution >= 0.6 is 11.8 Å². The van der Waals surface area contributed by atoms with Gasteiger partial charge in [-0.05, 0) is 6.92 Å². The topological polar surface area (TPSA) is 77.0 Å². The predicted molar refractivity (Wildman–Crippen MR) is 69.4 cm³/mol. The van der Waals surface area contributed by atoms with E-state index in [0.717, 1.165) is 10.9 Å². The highest BCUT2D eigenvalue weighted by atomic mass is 32.2. The number of nitrogens with zero attached hydrogens (tertiary/aromatic N) is 5. The highest BCUT2D eigenvalue weighted by Gasteiger charge is 2.13. The summed E-state index contributed by atoms with van der Waals surface area (Å²) in [7, 11) is 3.57. The van der Waals surface area contributed by atoms with Gasteiger partial charge < -0.3 is 14.0 Å². The maximum atomic E-state index is 11.9. The fraction of sp³-hybridized carbons (Fsp3) is 0.455. The lowest BCUT2D eigenvalue weighted by Crippen LogP contribution is -2.27. The van der Waals surface area contributed by atoms with Gasteiger partial charge in [-0.2, -0.15) is 0 Å². The number of aryl methyl sites for hydroxylation is 2. The second kappa shape index (κ2) is 5.87. The molecule has 8 heteroatoms. The van der Waals surface area contributed by atoms with Crippen molar-refractivity contribution in [3.8, 4) is 0 Å². The van der Waals surface area contributed by atoms with Crippen LogP contribution < -0.4 is 0 Å². The van der Waals surface area contributed by atoms with Crippen LogP contribution in [0.5, 0.6) is 0 Å². The van der Waals surface area contributed by atoms with Gasteiger partial charge in [-0.25, -0.2) is 0 Å². The number of hydrogen-bond acceptors (Lipinski definition) is 6. The van der Waals surface area contributed by atoms with E-state index in [9.17, 15) is 4.79 Å². The molecule has 7 nitrogen and oxygen atoms in total. The van der Waals surface area contributed by atoms with Gasteiger partial charge in [0.25, 0.3) is 0 Å². The molecule has 0 radical (unpaired) electrons. The average molecular weight is 281 g/mol. The zero-order valence-electron chi connectivity index (χ0n) is 11.0. The Morgan fingerprint density at radius 2 is 2.37 bits per heavy atom. The van der Waals surface area contributed by atoms with E-state index in [1.54, 1.807) is 22.8 Å². The lowest BCUT2D eigenvalue weighted by Gasteiger charge is -2.14. The number of rotatable bonds is 5. The predicted octanol–water partition coefficient (Wildman–Crippen LogP) is 0.862. The van der Waals surface area contributed by atoms with Crippen molar-refractivity contribution in [1.82, 2.24) is 24.8 Å². The highest BCUT2D eigenvalue weighted by Crippen LogP contribution is 2.14. The zero-order valence-corrected chi connectivity index (χ0v) is 11.8. The molecule has 0 N–H and O–H groups in total. The molecule has 2 aromatic rings. The van der Waals surface area contributed by atoms with E-state index in [4.69, 9.17) is 4.52 Å². The van der Waals surface area contributed by atoms with Crippen LogP contribution in [0.2, 0.25) is 0 Å². The monoisotopic (exact) mass is 281 g/mol. The lowest BCUT2D eigenvalue weighted by molar-refractivity contribution is -0.127. The number of carbonyl (C=O) groups excluding carboxylic acids is 1. The van der Waals surface area contributed by atoms with Gasteiger partial charge >= 0.3 is 0 Å². The summed E-state index contributed by atoms with van der Waals surface area (Å²) < 4.78 is 6.85. The molecule has 0 aliphatic rings. The first-order valence-electron chi connectivity index (χ1n) is 5.69. The summed E-state index contributed by atoms with van der Waals surface area (Å²) >= 11 is 1.36. The number of aromatic nitrogens is 4. The number of hydrogen-bond donors (Lipinski definition) is 0. The Hall–Kier alpha value is -1.83. The van der Waals surface area contributed by atoms with Crippen LogP contribution in [0, 0.1) is 6.92 Å². The van der Waals surface area contributed by atoms with Crippen LogP contribution in [-0.2, 0) is 18.4 Å². The third-order valence-electron chi connectivity index (χ3n) is 2.49. The van der Waals surface area contributed by atoms with Gasteiger partial charge in [0.2, 0.25) is 5.91 Å². The van der Waals surface area contributed by atoms with E-state index >= 15 is 0 Å². The average Bonchev–Trinajstić information content (AvgIpc) is 2.95. The van der Waals surface area contributed by atoms with E-state index in [-0.39, 0.29) is 5.91 Å². The van der Waals surface area contributed by atoms with Gasteiger partial charge in [-0.1, -0.05) is 16.9 Å². The van der Waals surface area contributed by atoms with Gasteiger partial charge in [0.1, 0.15) is 6.33 Å². The van der Waals surface area contributed by atoms with Crippen molar-refractivity contribution in [2.45, 2.75) is 18.6 Å². The van der Waals surface area contributed by atoms with E-state index < -0.39 is 0 Å². The summed E-state index contributed by atoms with van der Waals surface area (Å²) in [6, 6.07) is 1.82. The van der Waals surface area contributed by atoms with Crippen LogP contribution in [0.4, 0.5) is 0 Å².